The molecular weight excluding hydrogens is 300 g/mol. The number of aryl methyl sites for hydroxylation is 2. The van der Waals surface area contributed by atoms with E-state index in [4.69, 9.17) is 0 Å². The number of rotatable bonds is 3. The lowest BCUT2D eigenvalue weighted by Crippen LogP contribution is -2.35. The number of nitrogens with one attached hydrogen (secondary N) is 1. The first-order chi connectivity index (χ1) is 11.5. The van der Waals surface area contributed by atoms with Crippen LogP contribution in [0, 0.1) is 13.8 Å². The van der Waals surface area contributed by atoms with Crippen LogP contribution in [-0.2, 0) is 4.79 Å². The summed E-state index contributed by atoms with van der Waals surface area (Å²) in [6.07, 6.45) is 2.57. The van der Waals surface area contributed by atoms with Crippen LogP contribution in [0.15, 0.2) is 42.5 Å². The Balaban J connectivity index is 1.81. The van der Waals surface area contributed by atoms with Gasteiger partial charge in [-0.2, -0.15) is 0 Å². The molecule has 0 bridgehead atoms. The minimum absolute atomic E-state index is 0.144. The Morgan fingerprint density at radius 2 is 1.79 bits per heavy atom. The summed E-state index contributed by atoms with van der Waals surface area (Å²) in [4.78, 5) is 26.4. The summed E-state index contributed by atoms with van der Waals surface area (Å²) in [6, 6.07) is 13.2. The Bertz CT molecular complexity index is 766. The Morgan fingerprint density at radius 1 is 1.04 bits per heavy atom. The van der Waals surface area contributed by atoms with Crippen molar-refractivity contribution in [2.45, 2.75) is 33.1 Å². The molecule has 1 N–H and O–H groups in total. The Labute approximate surface area is 142 Å². The van der Waals surface area contributed by atoms with Gasteiger partial charge >= 0.3 is 0 Å². The topological polar surface area (TPSA) is 49.4 Å². The van der Waals surface area contributed by atoms with Gasteiger partial charge in [-0.15, -0.1) is 0 Å². The fourth-order valence-electron chi connectivity index (χ4n) is 2.95. The summed E-state index contributed by atoms with van der Waals surface area (Å²) in [7, 11) is 0. The summed E-state index contributed by atoms with van der Waals surface area (Å²) >= 11 is 0. The number of amides is 2. The van der Waals surface area contributed by atoms with Gasteiger partial charge in [-0.05, 0) is 56.5 Å². The molecule has 0 saturated carbocycles. The van der Waals surface area contributed by atoms with Crippen molar-refractivity contribution in [2.24, 2.45) is 0 Å². The summed E-state index contributed by atoms with van der Waals surface area (Å²) in [6.45, 7) is 4.72. The third-order valence-corrected chi connectivity index (χ3v) is 4.39. The molecule has 1 heterocycles. The predicted molar refractivity (Wildman–Crippen MR) is 96.5 cm³/mol. The second-order valence-corrected chi connectivity index (χ2v) is 6.32. The standard InChI is InChI=1S/C20H22N2O2/c1-14-6-9-16(10-7-14)20(24)21-17-11-8-15(2)18(13-17)22-12-4-3-5-19(22)23/h6-11,13H,3-5,12H2,1-2H3,(H,21,24). The third-order valence-electron chi connectivity index (χ3n) is 4.39. The number of anilines is 2. The number of carbonyl (C=O) groups excluding carboxylic acids is 2. The van der Waals surface area contributed by atoms with Crippen molar-refractivity contribution in [1.82, 2.24) is 0 Å². The maximum absolute atomic E-state index is 12.4. The van der Waals surface area contributed by atoms with Crippen LogP contribution in [0.1, 0.15) is 40.7 Å². The van der Waals surface area contributed by atoms with E-state index in [1.165, 1.54) is 0 Å². The molecule has 0 radical (unpaired) electrons. The van der Waals surface area contributed by atoms with Gasteiger partial charge in [0, 0.05) is 29.9 Å². The largest absolute Gasteiger partial charge is 0.322 e. The zero-order chi connectivity index (χ0) is 17.1. The molecule has 2 amide bonds. The van der Waals surface area contributed by atoms with Crippen LogP contribution in [-0.4, -0.2) is 18.4 Å². The van der Waals surface area contributed by atoms with E-state index in [0.717, 1.165) is 36.2 Å². The fraction of sp³-hybridized carbons (Fsp3) is 0.300. The quantitative estimate of drug-likeness (QED) is 0.926. The molecule has 3 rings (SSSR count). The van der Waals surface area contributed by atoms with Gasteiger partial charge in [0.2, 0.25) is 5.91 Å². The zero-order valence-electron chi connectivity index (χ0n) is 14.1. The van der Waals surface area contributed by atoms with Gasteiger partial charge in [-0.3, -0.25) is 9.59 Å². The lowest BCUT2D eigenvalue weighted by atomic mass is 10.1. The number of nitrogens with zero attached hydrogens (tertiary/aromatic N) is 1. The first-order valence-corrected chi connectivity index (χ1v) is 8.33. The Morgan fingerprint density at radius 3 is 2.50 bits per heavy atom. The molecular formula is C20H22N2O2. The number of benzene rings is 2. The molecule has 0 atom stereocenters. The smallest absolute Gasteiger partial charge is 0.255 e. The maximum atomic E-state index is 12.4. The van der Waals surface area contributed by atoms with Crippen LogP contribution in [0.5, 0.6) is 0 Å². The van der Waals surface area contributed by atoms with Crippen LogP contribution >= 0.6 is 0 Å². The van der Waals surface area contributed by atoms with E-state index >= 15 is 0 Å². The molecule has 1 aliphatic rings. The van der Waals surface area contributed by atoms with Crippen molar-refractivity contribution in [2.75, 3.05) is 16.8 Å². The molecule has 2 aromatic carbocycles. The van der Waals surface area contributed by atoms with Crippen LogP contribution < -0.4 is 10.2 Å². The van der Waals surface area contributed by atoms with E-state index in [1.807, 2.05) is 61.2 Å². The minimum atomic E-state index is -0.144. The van der Waals surface area contributed by atoms with Crippen LogP contribution in [0.2, 0.25) is 0 Å². The van der Waals surface area contributed by atoms with Crippen LogP contribution in [0.3, 0.4) is 0 Å². The molecule has 4 nitrogen and oxygen atoms in total. The highest BCUT2D eigenvalue weighted by Gasteiger charge is 2.21. The molecule has 0 aliphatic carbocycles. The first kappa shape index (κ1) is 16.2. The molecule has 1 saturated heterocycles. The van der Waals surface area contributed by atoms with E-state index in [9.17, 15) is 9.59 Å². The highest BCUT2D eigenvalue weighted by Crippen LogP contribution is 2.28. The zero-order valence-corrected chi connectivity index (χ0v) is 14.1. The van der Waals surface area contributed by atoms with Crippen LogP contribution in [0.4, 0.5) is 11.4 Å². The van der Waals surface area contributed by atoms with Gasteiger partial charge in [0.05, 0.1) is 0 Å². The summed E-state index contributed by atoms with van der Waals surface area (Å²) < 4.78 is 0. The van der Waals surface area contributed by atoms with Gasteiger partial charge in [-0.25, -0.2) is 0 Å². The summed E-state index contributed by atoms with van der Waals surface area (Å²) in [5.74, 6) is 0.0149. The fourth-order valence-corrected chi connectivity index (χ4v) is 2.95. The monoisotopic (exact) mass is 322 g/mol. The molecule has 124 valence electrons. The predicted octanol–water partition coefficient (Wildman–Crippen LogP) is 4.07. The molecule has 2 aromatic rings. The van der Waals surface area contributed by atoms with Gasteiger partial charge in [-0.1, -0.05) is 23.8 Å². The van der Waals surface area contributed by atoms with Crippen molar-refractivity contribution in [3.63, 3.8) is 0 Å². The molecule has 0 unspecified atom stereocenters. The third kappa shape index (κ3) is 3.48. The number of hydrogen-bond acceptors (Lipinski definition) is 2. The summed E-state index contributed by atoms with van der Waals surface area (Å²) in [5.41, 5.74) is 4.38. The lowest BCUT2D eigenvalue weighted by Gasteiger charge is -2.28. The minimum Gasteiger partial charge on any atom is -0.322 e. The molecule has 24 heavy (non-hydrogen) atoms. The molecule has 4 heteroatoms. The highest BCUT2D eigenvalue weighted by molar-refractivity contribution is 6.05. The van der Waals surface area contributed by atoms with Crippen molar-refractivity contribution >= 4 is 23.2 Å². The second kappa shape index (κ2) is 6.87. The van der Waals surface area contributed by atoms with Gasteiger partial charge in [0.15, 0.2) is 0 Å². The molecule has 1 fully saturated rings. The van der Waals surface area contributed by atoms with E-state index in [1.54, 1.807) is 0 Å². The number of carbonyl (C=O) groups is 2. The van der Waals surface area contributed by atoms with E-state index in [0.29, 0.717) is 17.7 Å². The summed E-state index contributed by atoms with van der Waals surface area (Å²) in [5, 5.41) is 2.92. The van der Waals surface area contributed by atoms with Crippen molar-refractivity contribution < 1.29 is 9.59 Å². The average molecular weight is 322 g/mol. The van der Waals surface area contributed by atoms with Crippen molar-refractivity contribution in [3.8, 4) is 0 Å². The highest BCUT2D eigenvalue weighted by atomic mass is 16.2. The second-order valence-electron chi connectivity index (χ2n) is 6.32. The molecule has 0 aromatic heterocycles. The normalized spacial score (nSPS) is 14.6. The Kier molecular flexibility index (Phi) is 4.65. The van der Waals surface area contributed by atoms with Crippen molar-refractivity contribution in [3.05, 3.63) is 59.2 Å². The lowest BCUT2D eigenvalue weighted by molar-refractivity contribution is -0.119. The number of piperidine rings is 1. The van der Waals surface area contributed by atoms with E-state index < -0.39 is 0 Å². The Hall–Kier alpha value is -2.62. The average Bonchev–Trinajstić information content (AvgIpc) is 2.58. The SMILES string of the molecule is Cc1ccc(C(=O)Nc2ccc(C)c(N3CCCCC3=O)c2)cc1. The van der Waals surface area contributed by atoms with E-state index in [2.05, 4.69) is 5.32 Å². The van der Waals surface area contributed by atoms with Gasteiger partial charge in [0.1, 0.15) is 0 Å². The van der Waals surface area contributed by atoms with Crippen molar-refractivity contribution in [1.29, 1.82) is 0 Å². The first-order valence-electron chi connectivity index (χ1n) is 8.33. The number of hydrogen-bond donors (Lipinski definition) is 1. The van der Waals surface area contributed by atoms with Crippen LogP contribution in [0.25, 0.3) is 0 Å². The molecule has 1 aliphatic heterocycles. The van der Waals surface area contributed by atoms with Gasteiger partial charge in [0.25, 0.3) is 5.91 Å². The maximum Gasteiger partial charge on any atom is 0.255 e. The molecule has 0 spiro atoms. The van der Waals surface area contributed by atoms with E-state index in [-0.39, 0.29) is 11.8 Å². The van der Waals surface area contributed by atoms with Gasteiger partial charge < -0.3 is 10.2 Å².